The predicted octanol–water partition coefficient (Wildman–Crippen LogP) is 4.95. The molecule has 0 fully saturated rings. The second-order valence-corrected chi connectivity index (χ2v) is 8.54. The van der Waals surface area contributed by atoms with E-state index in [1.807, 2.05) is 0 Å². The fourth-order valence-electron chi connectivity index (χ4n) is 3.25. The van der Waals surface area contributed by atoms with Crippen LogP contribution in [0.15, 0.2) is 18.2 Å². The Kier molecular flexibility index (Phi) is 7.35. The van der Waals surface area contributed by atoms with E-state index in [-0.39, 0.29) is 16.8 Å². The van der Waals surface area contributed by atoms with Crippen molar-refractivity contribution in [3.05, 3.63) is 49.8 Å². The second kappa shape index (κ2) is 9.74. The molecular formula is C20H22Cl2N2O3S. The Labute approximate surface area is 178 Å². The Morgan fingerprint density at radius 3 is 2.71 bits per heavy atom. The first-order chi connectivity index (χ1) is 13.5. The predicted molar refractivity (Wildman–Crippen MR) is 114 cm³/mol. The molecule has 150 valence electrons. The van der Waals surface area contributed by atoms with Gasteiger partial charge in [0, 0.05) is 30.2 Å². The van der Waals surface area contributed by atoms with E-state index in [0.717, 1.165) is 37.7 Å². The number of fused-ring (bicyclic) bond motifs is 1. The molecule has 1 aliphatic carbocycles. The molecule has 1 aromatic heterocycles. The van der Waals surface area contributed by atoms with E-state index >= 15 is 0 Å². The van der Waals surface area contributed by atoms with Crippen molar-refractivity contribution in [3.8, 4) is 0 Å². The van der Waals surface area contributed by atoms with Crippen LogP contribution in [0.4, 0.5) is 5.00 Å². The summed E-state index contributed by atoms with van der Waals surface area (Å²) in [5.41, 5.74) is 1.96. The average Bonchev–Trinajstić information content (AvgIpc) is 3.02. The maximum absolute atomic E-state index is 12.9. The highest BCUT2D eigenvalue weighted by molar-refractivity contribution is 7.17. The molecule has 0 saturated heterocycles. The van der Waals surface area contributed by atoms with E-state index in [2.05, 4.69) is 10.6 Å². The van der Waals surface area contributed by atoms with Crippen LogP contribution < -0.4 is 10.6 Å². The molecule has 2 N–H and O–H groups in total. The molecule has 5 nitrogen and oxygen atoms in total. The Balaban J connectivity index is 1.84. The number of carbonyl (C=O) groups excluding carboxylic acids is 2. The van der Waals surface area contributed by atoms with Gasteiger partial charge in [-0.05, 0) is 55.9 Å². The molecule has 1 aliphatic rings. The van der Waals surface area contributed by atoms with Crippen LogP contribution in [0.1, 0.15) is 50.4 Å². The molecule has 0 unspecified atom stereocenters. The van der Waals surface area contributed by atoms with Crippen LogP contribution in [0.25, 0.3) is 0 Å². The number of methoxy groups -OCH3 is 1. The average molecular weight is 441 g/mol. The number of aryl methyl sites for hydroxylation is 1. The third-order valence-electron chi connectivity index (χ3n) is 4.61. The van der Waals surface area contributed by atoms with Crippen molar-refractivity contribution >= 4 is 51.4 Å². The largest absolute Gasteiger partial charge is 0.385 e. The van der Waals surface area contributed by atoms with Crippen molar-refractivity contribution in [2.75, 3.05) is 25.6 Å². The van der Waals surface area contributed by atoms with Crippen LogP contribution in [0.2, 0.25) is 10.0 Å². The summed E-state index contributed by atoms with van der Waals surface area (Å²) in [6.45, 7) is 1.11. The van der Waals surface area contributed by atoms with Crippen LogP contribution in [0, 0.1) is 0 Å². The van der Waals surface area contributed by atoms with Gasteiger partial charge in [0.25, 0.3) is 11.8 Å². The molecule has 0 atom stereocenters. The standard InChI is InChI=1S/C20H22Cl2N2O3S/c1-27-10-4-9-23-19(26)17-14-5-2-3-6-16(14)28-20(17)24-18(25)13-8-7-12(21)11-15(13)22/h7-8,11H,2-6,9-10H2,1H3,(H,23,26)(H,24,25). The van der Waals surface area contributed by atoms with Gasteiger partial charge in [0.2, 0.25) is 0 Å². The second-order valence-electron chi connectivity index (χ2n) is 6.60. The van der Waals surface area contributed by atoms with E-state index in [4.69, 9.17) is 27.9 Å². The number of anilines is 1. The number of halogens is 2. The number of ether oxygens (including phenoxy) is 1. The highest BCUT2D eigenvalue weighted by atomic mass is 35.5. The van der Waals surface area contributed by atoms with E-state index < -0.39 is 0 Å². The summed E-state index contributed by atoms with van der Waals surface area (Å²) in [5, 5.41) is 7.14. The van der Waals surface area contributed by atoms with Crippen LogP contribution in [-0.4, -0.2) is 32.1 Å². The van der Waals surface area contributed by atoms with Crippen LogP contribution in [0.5, 0.6) is 0 Å². The number of nitrogens with one attached hydrogen (secondary N) is 2. The molecule has 2 aromatic rings. The SMILES string of the molecule is COCCCNC(=O)c1c(NC(=O)c2ccc(Cl)cc2Cl)sc2c1CCCC2. The van der Waals surface area contributed by atoms with Gasteiger partial charge in [-0.15, -0.1) is 11.3 Å². The molecule has 0 spiro atoms. The summed E-state index contributed by atoms with van der Waals surface area (Å²) in [6.07, 6.45) is 4.66. The molecule has 8 heteroatoms. The minimum atomic E-state index is -0.353. The molecule has 1 heterocycles. The van der Waals surface area contributed by atoms with Crippen LogP contribution >= 0.6 is 34.5 Å². The van der Waals surface area contributed by atoms with Crippen molar-refractivity contribution in [3.63, 3.8) is 0 Å². The van der Waals surface area contributed by atoms with Crippen molar-refractivity contribution in [2.24, 2.45) is 0 Å². The van der Waals surface area contributed by atoms with Gasteiger partial charge in [0.1, 0.15) is 5.00 Å². The first kappa shape index (κ1) is 21.1. The van der Waals surface area contributed by atoms with Crippen LogP contribution in [-0.2, 0) is 17.6 Å². The maximum atomic E-state index is 12.9. The number of thiophene rings is 1. The van der Waals surface area contributed by atoms with Crippen LogP contribution in [0.3, 0.4) is 0 Å². The zero-order valence-electron chi connectivity index (χ0n) is 15.6. The number of rotatable bonds is 7. The molecule has 2 amide bonds. The molecule has 0 bridgehead atoms. The fourth-order valence-corrected chi connectivity index (χ4v) is 5.02. The highest BCUT2D eigenvalue weighted by Crippen LogP contribution is 2.38. The van der Waals surface area contributed by atoms with Gasteiger partial charge in [-0.2, -0.15) is 0 Å². The number of carbonyl (C=O) groups is 2. The Bertz CT molecular complexity index is 883. The Hall–Kier alpha value is -1.60. The lowest BCUT2D eigenvalue weighted by Gasteiger charge is -2.13. The zero-order valence-corrected chi connectivity index (χ0v) is 17.9. The van der Waals surface area contributed by atoms with E-state index in [9.17, 15) is 9.59 Å². The third kappa shape index (κ3) is 4.87. The lowest BCUT2D eigenvalue weighted by molar-refractivity contribution is 0.0948. The van der Waals surface area contributed by atoms with Gasteiger partial charge in [-0.3, -0.25) is 9.59 Å². The highest BCUT2D eigenvalue weighted by Gasteiger charge is 2.26. The molecular weight excluding hydrogens is 419 g/mol. The van der Waals surface area contributed by atoms with Gasteiger partial charge in [0.05, 0.1) is 16.1 Å². The third-order valence-corrected chi connectivity index (χ3v) is 6.37. The van der Waals surface area contributed by atoms with Gasteiger partial charge in [-0.1, -0.05) is 23.2 Å². The van der Waals surface area contributed by atoms with Gasteiger partial charge < -0.3 is 15.4 Å². The summed E-state index contributed by atoms with van der Waals surface area (Å²) in [5.74, 6) is -0.512. The van der Waals surface area contributed by atoms with Gasteiger partial charge in [0.15, 0.2) is 0 Å². The quantitative estimate of drug-likeness (QED) is 0.598. The fraction of sp³-hybridized carbons (Fsp3) is 0.400. The Morgan fingerprint density at radius 1 is 1.18 bits per heavy atom. The molecule has 0 saturated carbocycles. The van der Waals surface area contributed by atoms with E-state index in [1.54, 1.807) is 19.2 Å². The van der Waals surface area contributed by atoms with Crippen molar-refractivity contribution < 1.29 is 14.3 Å². The number of hydrogen-bond acceptors (Lipinski definition) is 4. The lowest BCUT2D eigenvalue weighted by Crippen LogP contribution is -2.27. The van der Waals surface area contributed by atoms with Gasteiger partial charge >= 0.3 is 0 Å². The summed E-state index contributed by atoms with van der Waals surface area (Å²) in [7, 11) is 1.63. The van der Waals surface area contributed by atoms with E-state index in [1.165, 1.54) is 22.3 Å². The van der Waals surface area contributed by atoms with Crippen molar-refractivity contribution in [1.82, 2.24) is 5.32 Å². The molecule has 0 aliphatic heterocycles. The Morgan fingerprint density at radius 2 is 1.96 bits per heavy atom. The topological polar surface area (TPSA) is 67.4 Å². The number of amides is 2. The zero-order chi connectivity index (χ0) is 20.1. The minimum absolute atomic E-state index is 0.159. The van der Waals surface area contributed by atoms with Crippen molar-refractivity contribution in [2.45, 2.75) is 32.1 Å². The first-order valence-corrected chi connectivity index (χ1v) is 10.8. The summed E-state index contributed by atoms with van der Waals surface area (Å²) in [6, 6.07) is 4.73. The monoisotopic (exact) mass is 440 g/mol. The van der Waals surface area contributed by atoms with Crippen molar-refractivity contribution in [1.29, 1.82) is 0 Å². The summed E-state index contributed by atoms with van der Waals surface area (Å²) in [4.78, 5) is 26.8. The molecule has 1 aromatic carbocycles. The molecule has 3 rings (SSSR count). The molecule has 28 heavy (non-hydrogen) atoms. The number of benzene rings is 1. The lowest BCUT2D eigenvalue weighted by atomic mass is 9.95. The van der Waals surface area contributed by atoms with E-state index in [0.29, 0.717) is 34.3 Å². The van der Waals surface area contributed by atoms with Gasteiger partial charge in [-0.25, -0.2) is 0 Å². The number of hydrogen-bond donors (Lipinski definition) is 2. The minimum Gasteiger partial charge on any atom is -0.385 e. The smallest absolute Gasteiger partial charge is 0.257 e. The molecule has 0 radical (unpaired) electrons. The summed E-state index contributed by atoms with van der Waals surface area (Å²) >= 11 is 13.6. The summed E-state index contributed by atoms with van der Waals surface area (Å²) < 4.78 is 5.02. The maximum Gasteiger partial charge on any atom is 0.257 e. The normalized spacial score (nSPS) is 13.1. The first-order valence-electron chi connectivity index (χ1n) is 9.19.